The van der Waals surface area contributed by atoms with E-state index in [0.29, 0.717) is 37.2 Å². The first-order chi connectivity index (χ1) is 14.1. The average Bonchev–Trinajstić information content (AvgIpc) is 3.20. The van der Waals surface area contributed by atoms with Crippen molar-refractivity contribution in [1.29, 1.82) is 0 Å². The Morgan fingerprint density at radius 1 is 0.966 bits per heavy atom. The van der Waals surface area contributed by atoms with Crippen molar-refractivity contribution < 1.29 is 14.7 Å². The molecule has 0 radical (unpaired) electrons. The predicted octanol–water partition coefficient (Wildman–Crippen LogP) is 3.87. The minimum absolute atomic E-state index is 0.0557. The van der Waals surface area contributed by atoms with E-state index in [1.54, 1.807) is 10.9 Å². The van der Waals surface area contributed by atoms with Crippen molar-refractivity contribution in [2.24, 2.45) is 5.92 Å². The van der Waals surface area contributed by atoms with E-state index >= 15 is 0 Å². The van der Waals surface area contributed by atoms with Gasteiger partial charge in [0.25, 0.3) is 5.91 Å². The molecule has 0 bridgehead atoms. The molecule has 1 aliphatic rings. The summed E-state index contributed by atoms with van der Waals surface area (Å²) < 4.78 is 1.74. The molecule has 0 atom stereocenters. The Kier molecular flexibility index (Phi) is 5.42. The zero-order chi connectivity index (χ0) is 20.2. The van der Waals surface area contributed by atoms with E-state index in [1.807, 2.05) is 65.6 Å². The number of para-hydroxylation sites is 1. The molecule has 148 valence electrons. The second kappa shape index (κ2) is 8.31. The maximum absolute atomic E-state index is 13.3. The molecule has 1 aromatic heterocycles. The fourth-order valence-corrected chi connectivity index (χ4v) is 3.81. The number of amides is 1. The summed E-state index contributed by atoms with van der Waals surface area (Å²) in [5.74, 6) is -0.692. The summed E-state index contributed by atoms with van der Waals surface area (Å²) in [6.07, 6.45) is 3.39. The highest BCUT2D eigenvalue weighted by molar-refractivity contribution is 6.00. The Bertz CT molecular complexity index is 991. The fourth-order valence-electron chi connectivity index (χ4n) is 3.81. The summed E-state index contributed by atoms with van der Waals surface area (Å²) >= 11 is 0. The molecule has 1 saturated heterocycles. The summed E-state index contributed by atoms with van der Waals surface area (Å²) in [6.45, 7) is 1.14. The molecule has 6 nitrogen and oxygen atoms in total. The molecule has 0 saturated carbocycles. The number of hydrogen-bond donors (Lipinski definition) is 1. The van der Waals surface area contributed by atoms with E-state index in [9.17, 15) is 9.59 Å². The molecule has 6 heteroatoms. The number of benzene rings is 2. The van der Waals surface area contributed by atoms with E-state index in [2.05, 4.69) is 0 Å². The van der Waals surface area contributed by atoms with Gasteiger partial charge in [-0.1, -0.05) is 48.5 Å². The largest absolute Gasteiger partial charge is 0.481 e. The summed E-state index contributed by atoms with van der Waals surface area (Å²) in [7, 11) is 0. The summed E-state index contributed by atoms with van der Waals surface area (Å²) in [5, 5.41) is 13.7. The second-order valence-electron chi connectivity index (χ2n) is 7.37. The van der Waals surface area contributed by atoms with Crippen LogP contribution in [0.2, 0.25) is 0 Å². The van der Waals surface area contributed by atoms with E-state index in [-0.39, 0.29) is 18.2 Å². The van der Waals surface area contributed by atoms with Crippen molar-refractivity contribution in [1.82, 2.24) is 14.7 Å². The number of aromatic nitrogens is 2. The van der Waals surface area contributed by atoms with Crippen LogP contribution in [0.25, 0.3) is 16.9 Å². The van der Waals surface area contributed by atoms with E-state index in [1.165, 1.54) is 0 Å². The van der Waals surface area contributed by atoms with Crippen LogP contribution >= 0.6 is 0 Å². The van der Waals surface area contributed by atoms with Crippen LogP contribution in [0.4, 0.5) is 0 Å². The highest BCUT2D eigenvalue weighted by atomic mass is 16.4. The number of carboxylic acids is 1. The van der Waals surface area contributed by atoms with Crippen LogP contribution in [0, 0.1) is 5.92 Å². The number of nitrogens with zero attached hydrogens (tertiary/aromatic N) is 3. The molecule has 1 fully saturated rings. The third-order valence-electron chi connectivity index (χ3n) is 5.38. The SMILES string of the molecule is O=C(O)CC1CCN(C(=O)c2cn(-c3ccccc3)nc2-c2ccccc2)CC1. The van der Waals surface area contributed by atoms with Gasteiger partial charge in [-0.2, -0.15) is 5.10 Å². The average molecular weight is 389 g/mol. The van der Waals surface area contributed by atoms with Gasteiger partial charge in [-0.25, -0.2) is 4.68 Å². The number of carbonyl (C=O) groups is 2. The molecule has 2 aromatic carbocycles. The third kappa shape index (κ3) is 4.21. The number of rotatable bonds is 5. The molecule has 4 rings (SSSR count). The van der Waals surface area contributed by atoms with Gasteiger partial charge >= 0.3 is 5.97 Å². The summed E-state index contributed by atoms with van der Waals surface area (Å²) in [6, 6.07) is 19.4. The van der Waals surface area contributed by atoms with Gasteiger partial charge in [0.2, 0.25) is 0 Å². The number of aliphatic carboxylic acids is 1. The lowest BCUT2D eigenvalue weighted by molar-refractivity contribution is -0.138. The second-order valence-corrected chi connectivity index (χ2v) is 7.37. The minimum Gasteiger partial charge on any atom is -0.481 e. The first-order valence-corrected chi connectivity index (χ1v) is 9.83. The topological polar surface area (TPSA) is 75.4 Å². The van der Waals surface area contributed by atoms with Crippen LogP contribution in [0.15, 0.2) is 66.9 Å². The van der Waals surface area contributed by atoms with Crippen molar-refractivity contribution in [2.45, 2.75) is 19.3 Å². The molecule has 1 aliphatic heterocycles. The van der Waals surface area contributed by atoms with E-state index in [0.717, 1.165) is 11.3 Å². The van der Waals surface area contributed by atoms with Crippen molar-refractivity contribution in [3.8, 4) is 16.9 Å². The highest BCUT2D eigenvalue weighted by Gasteiger charge is 2.28. The molecular formula is C23H23N3O3. The van der Waals surface area contributed by atoms with Gasteiger partial charge in [-0.3, -0.25) is 9.59 Å². The van der Waals surface area contributed by atoms with Gasteiger partial charge in [0.1, 0.15) is 5.69 Å². The van der Waals surface area contributed by atoms with Gasteiger partial charge in [0.15, 0.2) is 0 Å². The normalized spacial score (nSPS) is 14.7. The minimum atomic E-state index is -0.773. The number of hydrogen-bond acceptors (Lipinski definition) is 3. The molecule has 1 N–H and O–H groups in total. The molecule has 1 amide bonds. The van der Waals surface area contributed by atoms with Crippen LogP contribution in [-0.4, -0.2) is 44.8 Å². The van der Waals surface area contributed by atoms with Gasteiger partial charge in [0.05, 0.1) is 11.3 Å². The van der Waals surface area contributed by atoms with Crippen molar-refractivity contribution in [3.63, 3.8) is 0 Å². The van der Waals surface area contributed by atoms with Crippen LogP contribution in [0.5, 0.6) is 0 Å². The fraction of sp³-hybridized carbons (Fsp3) is 0.261. The lowest BCUT2D eigenvalue weighted by atomic mass is 9.93. The Morgan fingerprint density at radius 2 is 1.59 bits per heavy atom. The van der Waals surface area contributed by atoms with E-state index < -0.39 is 5.97 Å². The highest BCUT2D eigenvalue weighted by Crippen LogP contribution is 2.27. The van der Waals surface area contributed by atoms with Crippen LogP contribution < -0.4 is 0 Å². The Morgan fingerprint density at radius 3 is 2.21 bits per heavy atom. The van der Waals surface area contributed by atoms with Crippen LogP contribution in [0.1, 0.15) is 29.6 Å². The van der Waals surface area contributed by atoms with Gasteiger partial charge in [0, 0.05) is 31.3 Å². The lowest BCUT2D eigenvalue weighted by Crippen LogP contribution is -2.39. The monoisotopic (exact) mass is 389 g/mol. The van der Waals surface area contributed by atoms with Crippen molar-refractivity contribution in [2.75, 3.05) is 13.1 Å². The Hall–Kier alpha value is -3.41. The standard InChI is InChI=1S/C23H23N3O3/c27-21(28)15-17-11-13-25(14-12-17)23(29)20-16-26(19-9-5-2-6-10-19)24-22(20)18-7-3-1-4-8-18/h1-10,16-17H,11-15H2,(H,27,28). The molecule has 0 aliphatic carbocycles. The van der Waals surface area contributed by atoms with Crippen molar-refractivity contribution >= 4 is 11.9 Å². The smallest absolute Gasteiger partial charge is 0.303 e. The first kappa shape index (κ1) is 18.9. The van der Waals surface area contributed by atoms with Gasteiger partial charge < -0.3 is 10.0 Å². The molecular weight excluding hydrogens is 366 g/mol. The van der Waals surface area contributed by atoms with Gasteiger partial charge in [-0.15, -0.1) is 0 Å². The maximum atomic E-state index is 13.3. The lowest BCUT2D eigenvalue weighted by Gasteiger charge is -2.31. The number of carboxylic acid groups (broad SMARTS) is 1. The quantitative estimate of drug-likeness (QED) is 0.719. The van der Waals surface area contributed by atoms with E-state index in [4.69, 9.17) is 10.2 Å². The maximum Gasteiger partial charge on any atom is 0.303 e. The molecule has 0 spiro atoms. The summed E-state index contributed by atoms with van der Waals surface area (Å²) in [4.78, 5) is 26.1. The zero-order valence-corrected chi connectivity index (χ0v) is 16.1. The Labute approximate surface area is 169 Å². The van der Waals surface area contributed by atoms with Crippen LogP contribution in [0.3, 0.4) is 0 Å². The molecule has 29 heavy (non-hydrogen) atoms. The summed E-state index contributed by atoms with van der Waals surface area (Å²) in [5.41, 5.74) is 3.01. The zero-order valence-electron chi connectivity index (χ0n) is 16.1. The number of likely N-dealkylation sites (tertiary alicyclic amines) is 1. The number of carbonyl (C=O) groups excluding carboxylic acids is 1. The van der Waals surface area contributed by atoms with Gasteiger partial charge in [-0.05, 0) is 30.9 Å². The molecule has 0 unspecified atom stereocenters. The molecule has 3 aromatic rings. The van der Waals surface area contributed by atoms with Crippen molar-refractivity contribution in [3.05, 3.63) is 72.4 Å². The number of piperidine rings is 1. The van der Waals surface area contributed by atoms with Crippen LogP contribution in [-0.2, 0) is 4.79 Å². The Balaban J connectivity index is 1.63. The third-order valence-corrected chi connectivity index (χ3v) is 5.38. The first-order valence-electron chi connectivity index (χ1n) is 9.83. The predicted molar refractivity (Wildman–Crippen MR) is 110 cm³/mol. The molecule has 2 heterocycles.